The number of aryl methyl sites for hydroxylation is 1. The van der Waals surface area contributed by atoms with Crippen LogP contribution in [0.5, 0.6) is 0 Å². The molecule has 0 radical (unpaired) electrons. The number of para-hydroxylation sites is 3. The summed E-state index contributed by atoms with van der Waals surface area (Å²) < 4.78 is 2.21. The van der Waals surface area contributed by atoms with Gasteiger partial charge in [-0.05, 0) is 24.3 Å². The molecule has 2 heterocycles. The number of nitrogens with zero attached hydrogens (tertiary/aromatic N) is 4. The summed E-state index contributed by atoms with van der Waals surface area (Å²) in [6.45, 7) is 8.32. The molecule has 2 aromatic carbocycles. The Labute approximate surface area is 140 Å². The zero-order chi connectivity index (χ0) is 16.4. The highest BCUT2D eigenvalue weighted by Crippen LogP contribution is 2.29. The van der Waals surface area contributed by atoms with Crippen molar-refractivity contribution < 1.29 is 0 Å². The molecule has 0 saturated carbocycles. The third kappa shape index (κ3) is 2.40. The molecule has 0 aliphatic carbocycles. The molecule has 0 atom stereocenters. The molecule has 0 fully saturated rings. The topological polar surface area (TPSA) is 35.1 Å². The fraction of sp³-hybridized carbons (Fsp3) is 0.150. The van der Waals surface area contributed by atoms with Crippen LogP contribution in [0.1, 0.15) is 6.42 Å². The second-order valence-electron chi connectivity index (χ2n) is 5.69. The van der Waals surface area contributed by atoms with Gasteiger partial charge in [-0.25, -0.2) is 11.6 Å². The van der Waals surface area contributed by atoms with Gasteiger partial charge in [-0.3, -0.25) is 4.98 Å². The van der Waals surface area contributed by atoms with Crippen molar-refractivity contribution in [3.05, 3.63) is 72.2 Å². The average molecular weight is 312 g/mol. The highest BCUT2D eigenvalue weighted by Gasteiger charge is 2.15. The summed E-state index contributed by atoms with van der Waals surface area (Å²) in [5, 5.41) is 1.11. The van der Waals surface area contributed by atoms with Crippen LogP contribution in [-0.4, -0.2) is 21.1 Å². The predicted molar refractivity (Wildman–Crippen MR) is 96.6 cm³/mol. The molecule has 0 amide bonds. The smallest absolute Gasteiger partial charge is 0.216 e. The Hall–Kier alpha value is -3.19. The predicted octanol–water partition coefficient (Wildman–Crippen LogP) is 4.56. The van der Waals surface area contributed by atoms with Crippen molar-refractivity contribution in [3.63, 3.8) is 0 Å². The maximum atomic E-state index is 7.01. The molecule has 0 saturated heterocycles. The first-order valence-corrected chi connectivity index (χ1v) is 8.01. The standard InChI is InChI=1S/C20H16N4/c1-21-12-6-14-24-18-11-3-2-10-17(18)23-20(24)16-9-4-7-15-8-5-13-22-19(15)16/h2-5,7-11,13H,6,12,14H2. The van der Waals surface area contributed by atoms with E-state index >= 15 is 0 Å². The summed E-state index contributed by atoms with van der Waals surface area (Å²) in [5.41, 5.74) is 4.07. The number of hydrogen-bond donors (Lipinski definition) is 0. The molecule has 4 rings (SSSR count). The largest absolute Gasteiger partial charge is 0.324 e. The van der Waals surface area contributed by atoms with Gasteiger partial charge in [0, 0.05) is 30.1 Å². The molecule has 24 heavy (non-hydrogen) atoms. The molecule has 0 bridgehead atoms. The maximum Gasteiger partial charge on any atom is 0.216 e. The summed E-state index contributed by atoms with van der Waals surface area (Å²) in [6, 6.07) is 18.3. The number of benzene rings is 2. The fourth-order valence-electron chi connectivity index (χ4n) is 3.10. The molecule has 0 spiro atoms. The number of imidazole rings is 1. The van der Waals surface area contributed by atoms with Gasteiger partial charge in [0.2, 0.25) is 6.54 Å². The van der Waals surface area contributed by atoms with E-state index in [1.165, 1.54) is 0 Å². The highest BCUT2D eigenvalue weighted by molar-refractivity contribution is 5.94. The fourth-order valence-corrected chi connectivity index (χ4v) is 3.10. The van der Waals surface area contributed by atoms with E-state index in [1.807, 2.05) is 36.5 Å². The second kappa shape index (κ2) is 6.13. The minimum Gasteiger partial charge on any atom is -0.324 e. The molecule has 0 aliphatic heterocycles. The van der Waals surface area contributed by atoms with Gasteiger partial charge in [-0.15, -0.1) is 0 Å². The van der Waals surface area contributed by atoms with E-state index in [0.29, 0.717) is 6.54 Å². The highest BCUT2D eigenvalue weighted by atomic mass is 15.1. The van der Waals surface area contributed by atoms with Gasteiger partial charge in [-0.1, -0.05) is 30.3 Å². The zero-order valence-electron chi connectivity index (χ0n) is 13.2. The van der Waals surface area contributed by atoms with Gasteiger partial charge in [0.15, 0.2) is 0 Å². The van der Waals surface area contributed by atoms with E-state index in [-0.39, 0.29) is 0 Å². The molecular formula is C20H16N4. The van der Waals surface area contributed by atoms with E-state index in [4.69, 9.17) is 11.6 Å². The van der Waals surface area contributed by atoms with Crippen molar-refractivity contribution in [2.45, 2.75) is 13.0 Å². The summed E-state index contributed by atoms with van der Waals surface area (Å²) in [7, 11) is 0. The van der Waals surface area contributed by atoms with E-state index in [9.17, 15) is 0 Å². The lowest BCUT2D eigenvalue weighted by molar-refractivity contribution is 0.694. The van der Waals surface area contributed by atoms with Crippen LogP contribution >= 0.6 is 0 Å². The van der Waals surface area contributed by atoms with Gasteiger partial charge in [0.25, 0.3) is 0 Å². The Morgan fingerprint density at radius 2 is 1.88 bits per heavy atom. The third-order valence-corrected chi connectivity index (χ3v) is 4.18. The Balaban J connectivity index is 1.95. The van der Waals surface area contributed by atoms with Gasteiger partial charge in [-0.2, -0.15) is 0 Å². The van der Waals surface area contributed by atoms with Crippen LogP contribution in [0, 0.1) is 6.57 Å². The number of fused-ring (bicyclic) bond motifs is 2. The molecule has 0 N–H and O–H groups in total. The van der Waals surface area contributed by atoms with Gasteiger partial charge >= 0.3 is 0 Å². The minimum absolute atomic E-state index is 0.528. The van der Waals surface area contributed by atoms with Crippen LogP contribution in [0.15, 0.2) is 60.8 Å². The Bertz CT molecular complexity index is 1050. The molecule has 2 aromatic heterocycles. The lowest BCUT2D eigenvalue weighted by Gasteiger charge is -2.09. The summed E-state index contributed by atoms with van der Waals surface area (Å²) >= 11 is 0. The van der Waals surface area contributed by atoms with Crippen molar-refractivity contribution in [3.8, 4) is 11.4 Å². The monoisotopic (exact) mass is 312 g/mol. The summed E-state index contributed by atoms with van der Waals surface area (Å²) in [6.07, 6.45) is 2.63. The van der Waals surface area contributed by atoms with Crippen LogP contribution < -0.4 is 0 Å². The van der Waals surface area contributed by atoms with Gasteiger partial charge < -0.3 is 9.41 Å². The van der Waals surface area contributed by atoms with E-state index in [1.54, 1.807) is 0 Å². The van der Waals surface area contributed by atoms with Crippen LogP contribution in [0.4, 0.5) is 0 Å². The van der Waals surface area contributed by atoms with Crippen molar-refractivity contribution in [1.29, 1.82) is 0 Å². The summed E-state index contributed by atoms with van der Waals surface area (Å²) in [5.74, 6) is 0.922. The average Bonchev–Trinajstić information content (AvgIpc) is 3.00. The molecular weight excluding hydrogens is 296 g/mol. The van der Waals surface area contributed by atoms with Crippen LogP contribution in [0.25, 0.3) is 38.2 Å². The molecule has 0 unspecified atom stereocenters. The molecule has 4 nitrogen and oxygen atoms in total. The Morgan fingerprint density at radius 3 is 2.79 bits per heavy atom. The summed E-state index contributed by atoms with van der Waals surface area (Å²) in [4.78, 5) is 12.9. The molecule has 4 heteroatoms. The van der Waals surface area contributed by atoms with Crippen molar-refractivity contribution in [2.24, 2.45) is 0 Å². The van der Waals surface area contributed by atoms with E-state index in [0.717, 1.165) is 46.3 Å². The molecule has 0 aliphatic rings. The van der Waals surface area contributed by atoms with Crippen molar-refractivity contribution in [2.75, 3.05) is 6.54 Å². The molecule has 116 valence electrons. The molecule has 4 aromatic rings. The van der Waals surface area contributed by atoms with Crippen molar-refractivity contribution in [1.82, 2.24) is 14.5 Å². The van der Waals surface area contributed by atoms with Crippen LogP contribution in [0.3, 0.4) is 0 Å². The first-order chi connectivity index (χ1) is 11.9. The van der Waals surface area contributed by atoms with Gasteiger partial charge in [0.05, 0.1) is 16.6 Å². The van der Waals surface area contributed by atoms with Gasteiger partial charge in [0.1, 0.15) is 5.82 Å². The SMILES string of the molecule is [C-]#[N+]CCCn1c(-c2cccc3cccnc23)nc2ccccc21. The first-order valence-electron chi connectivity index (χ1n) is 8.01. The number of hydrogen-bond acceptors (Lipinski definition) is 2. The normalized spacial score (nSPS) is 11.0. The quantitative estimate of drug-likeness (QED) is 0.409. The zero-order valence-corrected chi connectivity index (χ0v) is 13.2. The number of aromatic nitrogens is 3. The van der Waals surface area contributed by atoms with Crippen LogP contribution in [-0.2, 0) is 6.54 Å². The van der Waals surface area contributed by atoms with E-state index < -0.39 is 0 Å². The maximum absolute atomic E-state index is 7.01. The van der Waals surface area contributed by atoms with Crippen molar-refractivity contribution >= 4 is 21.9 Å². The van der Waals surface area contributed by atoms with Crippen LogP contribution in [0.2, 0.25) is 0 Å². The number of rotatable bonds is 4. The number of pyridine rings is 1. The third-order valence-electron chi connectivity index (χ3n) is 4.18. The lowest BCUT2D eigenvalue weighted by Crippen LogP contribution is -2.02. The Morgan fingerprint density at radius 1 is 1.00 bits per heavy atom. The Kier molecular flexibility index (Phi) is 3.68. The minimum atomic E-state index is 0.528. The lowest BCUT2D eigenvalue weighted by atomic mass is 10.1. The second-order valence-corrected chi connectivity index (χ2v) is 5.69. The first kappa shape index (κ1) is 14.4. The van der Waals surface area contributed by atoms with E-state index in [2.05, 4.69) is 38.7 Å².